The van der Waals surface area contributed by atoms with E-state index in [9.17, 15) is 5.11 Å². The number of halogens is 1. The third-order valence-corrected chi connectivity index (χ3v) is 2.60. The van der Waals surface area contributed by atoms with Gasteiger partial charge in [-0.2, -0.15) is 0 Å². The van der Waals surface area contributed by atoms with Gasteiger partial charge in [0, 0.05) is 10.9 Å². The highest BCUT2D eigenvalue weighted by molar-refractivity contribution is 9.10. The van der Waals surface area contributed by atoms with Crippen molar-refractivity contribution in [1.82, 2.24) is 0 Å². The van der Waals surface area contributed by atoms with Gasteiger partial charge in [-0.3, -0.25) is 0 Å². The van der Waals surface area contributed by atoms with E-state index in [0.717, 1.165) is 10.0 Å². The molecule has 0 unspecified atom stereocenters. The molecule has 0 aromatic heterocycles. The number of hydrogen-bond donors (Lipinski definition) is 1. The Morgan fingerprint density at radius 1 is 1.38 bits per heavy atom. The van der Waals surface area contributed by atoms with Crippen molar-refractivity contribution in [3.05, 3.63) is 33.8 Å². The summed E-state index contributed by atoms with van der Waals surface area (Å²) in [6, 6.07) is 6.18. The average molecular weight is 243 g/mol. The number of rotatable bonds is 2. The normalized spacial score (nSPS) is 11.8. The first-order valence-corrected chi connectivity index (χ1v) is 5.15. The van der Waals surface area contributed by atoms with Crippen LogP contribution in [0, 0.1) is 6.92 Å². The molecule has 0 amide bonds. The lowest BCUT2D eigenvalue weighted by molar-refractivity contribution is 0.0808. The summed E-state index contributed by atoms with van der Waals surface area (Å²) in [4.78, 5) is 0. The Bertz CT molecular complexity index is 299. The van der Waals surface area contributed by atoms with Crippen molar-refractivity contribution in [3.63, 3.8) is 0 Å². The van der Waals surface area contributed by atoms with Crippen LogP contribution in [0.4, 0.5) is 0 Å². The largest absolute Gasteiger partial charge is 0.390 e. The summed E-state index contributed by atoms with van der Waals surface area (Å²) in [7, 11) is 0. The Hall–Kier alpha value is -0.340. The lowest BCUT2D eigenvalue weighted by atomic mass is 9.98. The van der Waals surface area contributed by atoms with Gasteiger partial charge in [-0.05, 0) is 32.4 Å². The Morgan fingerprint density at radius 3 is 2.54 bits per heavy atom. The third kappa shape index (κ3) is 3.49. The molecular weight excluding hydrogens is 228 g/mol. The van der Waals surface area contributed by atoms with E-state index in [1.807, 2.05) is 19.9 Å². The minimum Gasteiger partial charge on any atom is -0.390 e. The monoisotopic (exact) mass is 242 g/mol. The second-order valence-corrected chi connectivity index (χ2v) is 4.94. The van der Waals surface area contributed by atoms with E-state index >= 15 is 0 Å². The molecule has 0 aliphatic rings. The summed E-state index contributed by atoms with van der Waals surface area (Å²) in [5.74, 6) is 0. The molecule has 1 aromatic carbocycles. The number of aryl methyl sites for hydroxylation is 1. The Labute approximate surface area is 87.9 Å². The van der Waals surface area contributed by atoms with Gasteiger partial charge in [0.15, 0.2) is 0 Å². The lowest BCUT2D eigenvalue weighted by Crippen LogP contribution is -2.22. The van der Waals surface area contributed by atoms with Crippen molar-refractivity contribution in [2.75, 3.05) is 0 Å². The van der Waals surface area contributed by atoms with Crippen molar-refractivity contribution in [3.8, 4) is 0 Å². The molecule has 0 saturated carbocycles. The van der Waals surface area contributed by atoms with E-state index in [1.54, 1.807) is 0 Å². The quantitative estimate of drug-likeness (QED) is 0.846. The van der Waals surface area contributed by atoms with Gasteiger partial charge in [0.05, 0.1) is 5.60 Å². The van der Waals surface area contributed by atoms with Crippen LogP contribution in [-0.2, 0) is 6.42 Å². The van der Waals surface area contributed by atoms with Gasteiger partial charge in [0.25, 0.3) is 0 Å². The Morgan fingerprint density at radius 2 is 2.00 bits per heavy atom. The van der Waals surface area contributed by atoms with Gasteiger partial charge in [-0.1, -0.05) is 33.6 Å². The zero-order valence-electron chi connectivity index (χ0n) is 8.26. The van der Waals surface area contributed by atoms with E-state index in [2.05, 4.69) is 35.0 Å². The smallest absolute Gasteiger partial charge is 0.0632 e. The molecule has 0 atom stereocenters. The van der Waals surface area contributed by atoms with Crippen LogP contribution < -0.4 is 0 Å². The van der Waals surface area contributed by atoms with Gasteiger partial charge in [0.1, 0.15) is 0 Å². The van der Waals surface area contributed by atoms with E-state index in [4.69, 9.17) is 0 Å². The highest BCUT2D eigenvalue weighted by Gasteiger charge is 2.15. The summed E-state index contributed by atoms with van der Waals surface area (Å²) >= 11 is 3.47. The number of hydrogen-bond acceptors (Lipinski definition) is 1. The summed E-state index contributed by atoms with van der Waals surface area (Å²) in [6.45, 7) is 5.70. The van der Waals surface area contributed by atoms with Crippen molar-refractivity contribution in [2.45, 2.75) is 32.8 Å². The highest BCUT2D eigenvalue weighted by atomic mass is 79.9. The lowest BCUT2D eigenvalue weighted by Gasteiger charge is -2.18. The third-order valence-electron chi connectivity index (χ3n) is 1.82. The topological polar surface area (TPSA) is 20.2 Å². The van der Waals surface area contributed by atoms with Gasteiger partial charge in [-0.15, -0.1) is 0 Å². The fourth-order valence-corrected chi connectivity index (χ4v) is 1.69. The summed E-state index contributed by atoms with van der Waals surface area (Å²) < 4.78 is 1.07. The fraction of sp³-hybridized carbons (Fsp3) is 0.455. The average Bonchev–Trinajstić information content (AvgIpc) is 1.94. The van der Waals surface area contributed by atoms with E-state index in [-0.39, 0.29) is 0 Å². The molecule has 0 fully saturated rings. The van der Waals surface area contributed by atoms with Gasteiger partial charge < -0.3 is 5.11 Å². The van der Waals surface area contributed by atoms with Crippen LogP contribution in [-0.4, -0.2) is 10.7 Å². The molecule has 0 spiro atoms. The highest BCUT2D eigenvalue weighted by Crippen LogP contribution is 2.22. The van der Waals surface area contributed by atoms with Crippen LogP contribution in [0.1, 0.15) is 25.0 Å². The van der Waals surface area contributed by atoms with Crippen LogP contribution in [0.5, 0.6) is 0 Å². The maximum absolute atomic E-state index is 9.67. The van der Waals surface area contributed by atoms with Crippen LogP contribution in [0.3, 0.4) is 0 Å². The molecule has 0 heterocycles. The second kappa shape index (κ2) is 3.81. The van der Waals surface area contributed by atoms with E-state index < -0.39 is 5.60 Å². The fourth-order valence-electron chi connectivity index (χ4n) is 1.31. The van der Waals surface area contributed by atoms with Crippen LogP contribution in [0.2, 0.25) is 0 Å². The Kier molecular flexibility index (Phi) is 3.14. The molecular formula is C11H15BrO. The zero-order chi connectivity index (χ0) is 10.1. The van der Waals surface area contributed by atoms with Crippen molar-refractivity contribution in [2.24, 2.45) is 0 Å². The van der Waals surface area contributed by atoms with Crippen LogP contribution in [0.15, 0.2) is 22.7 Å². The zero-order valence-corrected chi connectivity index (χ0v) is 9.85. The summed E-state index contributed by atoms with van der Waals surface area (Å²) in [5.41, 5.74) is 1.74. The first kappa shape index (κ1) is 10.7. The minimum absolute atomic E-state index is 0.643. The molecule has 1 nitrogen and oxygen atoms in total. The summed E-state index contributed by atoms with van der Waals surface area (Å²) in [6.07, 6.45) is 0.676. The van der Waals surface area contributed by atoms with Crippen molar-refractivity contribution in [1.29, 1.82) is 0 Å². The van der Waals surface area contributed by atoms with Crippen molar-refractivity contribution >= 4 is 15.9 Å². The number of aliphatic hydroxyl groups is 1. The predicted molar refractivity (Wildman–Crippen MR) is 58.9 cm³/mol. The van der Waals surface area contributed by atoms with Gasteiger partial charge >= 0.3 is 0 Å². The summed E-state index contributed by atoms with van der Waals surface area (Å²) in [5, 5.41) is 9.67. The molecule has 0 bridgehead atoms. The molecule has 13 heavy (non-hydrogen) atoms. The maximum atomic E-state index is 9.67. The molecule has 1 aromatic rings. The van der Waals surface area contributed by atoms with Gasteiger partial charge in [0.2, 0.25) is 0 Å². The molecule has 0 saturated heterocycles. The second-order valence-electron chi connectivity index (χ2n) is 4.08. The van der Waals surface area contributed by atoms with E-state index in [1.165, 1.54) is 5.56 Å². The molecule has 72 valence electrons. The molecule has 0 radical (unpaired) electrons. The molecule has 1 N–H and O–H groups in total. The first-order chi connectivity index (χ1) is 5.88. The van der Waals surface area contributed by atoms with Crippen LogP contribution >= 0.6 is 15.9 Å². The Balaban J connectivity index is 2.94. The molecule has 0 aliphatic heterocycles. The minimum atomic E-state index is -0.643. The van der Waals surface area contributed by atoms with Crippen molar-refractivity contribution < 1.29 is 5.11 Å². The predicted octanol–water partition coefficient (Wildman–Crippen LogP) is 3.07. The first-order valence-electron chi connectivity index (χ1n) is 4.36. The number of benzene rings is 1. The van der Waals surface area contributed by atoms with Gasteiger partial charge in [-0.25, -0.2) is 0 Å². The van der Waals surface area contributed by atoms with E-state index in [0.29, 0.717) is 6.42 Å². The maximum Gasteiger partial charge on any atom is 0.0632 e. The SMILES string of the molecule is Cc1ccc(Br)c(CC(C)(C)O)c1. The van der Waals surface area contributed by atoms with Crippen LogP contribution in [0.25, 0.3) is 0 Å². The molecule has 2 heteroatoms. The standard InChI is InChI=1S/C11H15BrO/c1-8-4-5-10(12)9(6-8)7-11(2,3)13/h4-6,13H,7H2,1-3H3. The molecule has 1 rings (SSSR count). The molecule has 0 aliphatic carbocycles.